The molecule has 1 aliphatic heterocycles. The van der Waals surface area contributed by atoms with Crippen molar-refractivity contribution in [3.63, 3.8) is 0 Å². The van der Waals surface area contributed by atoms with Gasteiger partial charge in [0, 0.05) is 24.7 Å². The molecule has 2 aromatic carbocycles. The number of ether oxygens (including phenoxy) is 1. The standard InChI is InChI=1S/C22H28N2O4S/c1-16-7-8-18(14-17(16)2)23-22(25)15-19-6-4-5-13-24(19)29(26,27)21-11-9-20(28-3)10-12-21/h7-12,14,19H,4-6,13,15H2,1-3H3,(H,23,25)/t19-/m0/s1. The van der Waals surface area contributed by atoms with E-state index in [1.807, 2.05) is 32.0 Å². The molecule has 156 valence electrons. The van der Waals surface area contributed by atoms with E-state index in [1.54, 1.807) is 31.4 Å². The van der Waals surface area contributed by atoms with E-state index in [4.69, 9.17) is 4.74 Å². The molecule has 0 bridgehead atoms. The highest BCUT2D eigenvalue weighted by atomic mass is 32.2. The van der Waals surface area contributed by atoms with Gasteiger partial charge in [-0.1, -0.05) is 12.5 Å². The highest BCUT2D eigenvalue weighted by Gasteiger charge is 2.34. The Morgan fingerprint density at radius 2 is 1.83 bits per heavy atom. The Balaban J connectivity index is 1.74. The summed E-state index contributed by atoms with van der Waals surface area (Å²) in [7, 11) is -2.13. The molecule has 1 N–H and O–H groups in total. The molecule has 1 aliphatic rings. The molecule has 1 atom stereocenters. The van der Waals surface area contributed by atoms with Crippen LogP contribution in [0, 0.1) is 13.8 Å². The number of aryl methyl sites for hydroxylation is 2. The van der Waals surface area contributed by atoms with Gasteiger partial charge in [0.15, 0.2) is 0 Å². The number of rotatable bonds is 6. The fourth-order valence-corrected chi connectivity index (χ4v) is 5.32. The van der Waals surface area contributed by atoms with Crippen molar-refractivity contribution in [1.29, 1.82) is 0 Å². The van der Waals surface area contributed by atoms with E-state index in [1.165, 1.54) is 4.31 Å². The maximum Gasteiger partial charge on any atom is 0.243 e. The average molecular weight is 417 g/mol. The average Bonchev–Trinajstić information content (AvgIpc) is 2.71. The lowest BCUT2D eigenvalue weighted by Gasteiger charge is -2.34. The number of hydrogen-bond donors (Lipinski definition) is 1. The summed E-state index contributed by atoms with van der Waals surface area (Å²) in [6, 6.07) is 11.8. The van der Waals surface area contributed by atoms with E-state index in [-0.39, 0.29) is 23.3 Å². The Kier molecular flexibility index (Phi) is 6.59. The minimum atomic E-state index is -3.67. The number of benzene rings is 2. The minimum absolute atomic E-state index is 0.141. The molecular formula is C22H28N2O4S. The summed E-state index contributed by atoms with van der Waals surface area (Å²) in [6.07, 6.45) is 2.53. The molecule has 0 saturated carbocycles. The van der Waals surface area contributed by atoms with E-state index >= 15 is 0 Å². The van der Waals surface area contributed by atoms with Gasteiger partial charge in [-0.05, 0) is 74.2 Å². The number of piperidine rings is 1. The summed E-state index contributed by atoms with van der Waals surface area (Å²) in [5.41, 5.74) is 3.00. The highest BCUT2D eigenvalue weighted by Crippen LogP contribution is 2.28. The van der Waals surface area contributed by atoms with Gasteiger partial charge < -0.3 is 10.1 Å². The maximum atomic E-state index is 13.2. The van der Waals surface area contributed by atoms with Crippen LogP contribution in [0.4, 0.5) is 5.69 Å². The van der Waals surface area contributed by atoms with Gasteiger partial charge in [0.2, 0.25) is 15.9 Å². The number of methoxy groups -OCH3 is 1. The Morgan fingerprint density at radius 3 is 2.48 bits per heavy atom. The molecule has 1 fully saturated rings. The van der Waals surface area contributed by atoms with Crippen molar-refractivity contribution in [3.8, 4) is 5.75 Å². The Hall–Kier alpha value is -2.38. The number of nitrogens with zero attached hydrogens (tertiary/aromatic N) is 1. The summed E-state index contributed by atoms with van der Waals surface area (Å²) in [6.45, 7) is 4.44. The second kappa shape index (κ2) is 8.97. The zero-order valence-electron chi connectivity index (χ0n) is 17.1. The number of carbonyl (C=O) groups is 1. The molecule has 6 nitrogen and oxygen atoms in total. The van der Waals surface area contributed by atoms with Crippen LogP contribution in [0.5, 0.6) is 5.75 Å². The van der Waals surface area contributed by atoms with Crippen LogP contribution >= 0.6 is 0 Å². The van der Waals surface area contributed by atoms with Crippen LogP contribution in [0.15, 0.2) is 47.4 Å². The van der Waals surface area contributed by atoms with Crippen LogP contribution in [0.2, 0.25) is 0 Å². The molecule has 29 heavy (non-hydrogen) atoms. The van der Waals surface area contributed by atoms with Crippen LogP contribution in [-0.4, -0.2) is 38.3 Å². The lowest BCUT2D eigenvalue weighted by atomic mass is 10.0. The van der Waals surface area contributed by atoms with Crippen molar-refractivity contribution < 1.29 is 17.9 Å². The molecule has 1 saturated heterocycles. The van der Waals surface area contributed by atoms with Crippen molar-refractivity contribution in [2.75, 3.05) is 19.0 Å². The third-order valence-corrected chi connectivity index (χ3v) is 7.42. The van der Waals surface area contributed by atoms with Crippen molar-refractivity contribution in [3.05, 3.63) is 53.6 Å². The zero-order chi connectivity index (χ0) is 21.0. The molecule has 0 spiro atoms. The number of anilines is 1. The second-order valence-electron chi connectivity index (χ2n) is 7.49. The molecule has 2 aromatic rings. The summed E-state index contributed by atoms with van der Waals surface area (Å²) in [5.74, 6) is 0.432. The van der Waals surface area contributed by atoms with Gasteiger partial charge in [0.05, 0.1) is 12.0 Å². The molecule has 3 rings (SSSR count). The van der Waals surface area contributed by atoms with Gasteiger partial charge in [-0.2, -0.15) is 4.31 Å². The predicted molar refractivity (Wildman–Crippen MR) is 114 cm³/mol. The van der Waals surface area contributed by atoms with Crippen LogP contribution in [0.1, 0.15) is 36.8 Å². The normalized spacial score (nSPS) is 17.7. The summed E-state index contributed by atoms with van der Waals surface area (Å²) < 4.78 is 32.9. The first-order chi connectivity index (χ1) is 13.8. The van der Waals surface area contributed by atoms with Gasteiger partial charge in [-0.3, -0.25) is 4.79 Å². The van der Waals surface area contributed by atoms with Gasteiger partial charge in [0.1, 0.15) is 5.75 Å². The van der Waals surface area contributed by atoms with E-state index in [0.29, 0.717) is 18.7 Å². The summed E-state index contributed by atoms with van der Waals surface area (Å²) >= 11 is 0. The molecule has 1 amide bonds. The topological polar surface area (TPSA) is 75.7 Å². The lowest BCUT2D eigenvalue weighted by molar-refractivity contribution is -0.117. The first-order valence-electron chi connectivity index (χ1n) is 9.84. The van der Waals surface area contributed by atoms with Crippen LogP contribution in [0.25, 0.3) is 0 Å². The molecular weight excluding hydrogens is 388 g/mol. The third kappa shape index (κ3) is 4.97. The van der Waals surface area contributed by atoms with E-state index in [0.717, 1.165) is 29.7 Å². The third-order valence-electron chi connectivity index (χ3n) is 5.45. The predicted octanol–water partition coefficient (Wildman–Crippen LogP) is 3.88. The number of nitrogens with one attached hydrogen (secondary N) is 1. The monoisotopic (exact) mass is 416 g/mol. The SMILES string of the molecule is COc1ccc(S(=O)(=O)N2CCCC[C@H]2CC(=O)Nc2ccc(C)c(C)c2)cc1. The van der Waals surface area contributed by atoms with Crippen LogP contribution in [-0.2, 0) is 14.8 Å². The molecule has 7 heteroatoms. The van der Waals surface area contributed by atoms with Crippen molar-refractivity contribution in [1.82, 2.24) is 4.31 Å². The first-order valence-corrected chi connectivity index (χ1v) is 11.3. The number of carbonyl (C=O) groups excluding carboxylic acids is 1. The number of sulfonamides is 1. The van der Waals surface area contributed by atoms with Crippen LogP contribution < -0.4 is 10.1 Å². The minimum Gasteiger partial charge on any atom is -0.497 e. The number of hydrogen-bond acceptors (Lipinski definition) is 4. The Morgan fingerprint density at radius 1 is 1.10 bits per heavy atom. The lowest BCUT2D eigenvalue weighted by Crippen LogP contribution is -2.45. The van der Waals surface area contributed by atoms with Gasteiger partial charge in [-0.15, -0.1) is 0 Å². The first kappa shape index (κ1) is 21.3. The van der Waals surface area contributed by atoms with Crippen LogP contribution in [0.3, 0.4) is 0 Å². The Bertz CT molecular complexity index is 971. The van der Waals surface area contributed by atoms with E-state index < -0.39 is 10.0 Å². The van der Waals surface area contributed by atoms with Gasteiger partial charge >= 0.3 is 0 Å². The molecule has 0 unspecified atom stereocenters. The smallest absolute Gasteiger partial charge is 0.243 e. The second-order valence-corrected chi connectivity index (χ2v) is 9.38. The fraction of sp³-hybridized carbons (Fsp3) is 0.409. The van der Waals surface area contributed by atoms with Crippen molar-refractivity contribution in [2.24, 2.45) is 0 Å². The van der Waals surface area contributed by atoms with E-state index in [9.17, 15) is 13.2 Å². The molecule has 1 heterocycles. The summed E-state index contributed by atoms with van der Waals surface area (Å²) in [4.78, 5) is 12.8. The number of amides is 1. The molecule has 0 radical (unpaired) electrons. The molecule has 0 aromatic heterocycles. The van der Waals surface area contributed by atoms with Crippen molar-refractivity contribution in [2.45, 2.75) is 50.5 Å². The zero-order valence-corrected chi connectivity index (χ0v) is 18.0. The summed E-state index contributed by atoms with van der Waals surface area (Å²) in [5, 5.41) is 2.91. The van der Waals surface area contributed by atoms with Gasteiger partial charge in [0.25, 0.3) is 0 Å². The fourth-order valence-electron chi connectivity index (χ4n) is 3.62. The largest absolute Gasteiger partial charge is 0.497 e. The maximum absolute atomic E-state index is 13.2. The Labute approximate surface area is 172 Å². The van der Waals surface area contributed by atoms with Crippen molar-refractivity contribution >= 4 is 21.6 Å². The van der Waals surface area contributed by atoms with E-state index in [2.05, 4.69) is 5.32 Å². The highest BCUT2D eigenvalue weighted by molar-refractivity contribution is 7.89. The molecule has 0 aliphatic carbocycles. The van der Waals surface area contributed by atoms with Gasteiger partial charge in [-0.25, -0.2) is 8.42 Å². The quantitative estimate of drug-likeness (QED) is 0.775.